The molecule has 2 rings (SSSR count). The number of hydrogen-bond acceptors (Lipinski definition) is 10. The highest BCUT2D eigenvalue weighted by Gasteiger charge is 2.20. The molecule has 33 heavy (non-hydrogen) atoms. The molecule has 0 aliphatic heterocycles. The molecule has 2 aromatic rings. The number of hydrogen-bond donors (Lipinski definition) is 4. The predicted molar refractivity (Wildman–Crippen MR) is 124 cm³/mol. The summed E-state index contributed by atoms with van der Waals surface area (Å²) in [6, 6.07) is 5.87. The first-order valence-corrected chi connectivity index (χ1v) is 11.0. The van der Waals surface area contributed by atoms with Crippen LogP contribution < -0.4 is 4.31 Å². The quantitative estimate of drug-likeness (QED) is 0.118. The standard InChI is InChI=1S/C22H30FN3O6S/c1-13(2)20-18(10-9-16(27)11-17(28)12-19(29)30)21(14-5-7-15(23)8-6-14)25-22(24-20)26(3)33-32-31-4/h5-10,13,16-17,19,27-30H,11-12H2,1-4H3/t16-,17-/m1/s1. The van der Waals surface area contributed by atoms with E-state index in [1.807, 2.05) is 13.8 Å². The number of benzene rings is 1. The molecular formula is C22H30FN3O6S. The van der Waals surface area contributed by atoms with Gasteiger partial charge in [-0.05, 0) is 30.2 Å². The second kappa shape index (κ2) is 12.9. The molecule has 1 aromatic carbocycles. The van der Waals surface area contributed by atoms with E-state index < -0.39 is 18.5 Å². The zero-order valence-electron chi connectivity index (χ0n) is 18.9. The van der Waals surface area contributed by atoms with Crippen LogP contribution in [-0.4, -0.2) is 63.0 Å². The van der Waals surface area contributed by atoms with Crippen molar-refractivity contribution in [3.8, 4) is 11.3 Å². The van der Waals surface area contributed by atoms with E-state index in [-0.39, 0.29) is 24.6 Å². The van der Waals surface area contributed by atoms with Crippen LogP contribution in [0, 0.1) is 5.82 Å². The van der Waals surface area contributed by atoms with Crippen molar-refractivity contribution in [3.63, 3.8) is 0 Å². The van der Waals surface area contributed by atoms with Crippen LogP contribution in [0.4, 0.5) is 10.3 Å². The van der Waals surface area contributed by atoms with Gasteiger partial charge in [0.1, 0.15) is 5.82 Å². The van der Waals surface area contributed by atoms with Gasteiger partial charge in [-0.1, -0.05) is 26.0 Å². The van der Waals surface area contributed by atoms with Crippen molar-refractivity contribution < 1.29 is 34.0 Å². The summed E-state index contributed by atoms with van der Waals surface area (Å²) in [5.74, 6) is -0.0735. The Bertz CT molecular complexity index is 914. The molecule has 0 radical (unpaired) electrons. The highest BCUT2D eigenvalue weighted by Crippen LogP contribution is 2.32. The van der Waals surface area contributed by atoms with Crippen LogP contribution in [0.2, 0.25) is 0 Å². The molecule has 0 fully saturated rings. The Hall–Kier alpha value is -2.12. The maximum Gasteiger partial charge on any atom is 0.237 e. The summed E-state index contributed by atoms with van der Waals surface area (Å²) in [7, 11) is 3.08. The Morgan fingerprint density at radius 1 is 1.09 bits per heavy atom. The van der Waals surface area contributed by atoms with Crippen molar-refractivity contribution in [2.75, 3.05) is 18.5 Å². The lowest BCUT2D eigenvalue weighted by Gasteiger charge is -2.20. The number of halogens is 1. The van der Waals surface area contributed by atoms with E-state index in [0.717, 1.165) is 12.2 Å². The van der Waals surface area contributed by atoms with Crippen molar-refractivity contribution in [2.45, 2.75) is 51.1 Å². The Morgan fingerprint density at radius 3 is 2.33 bits per heavy atom. The van der Waals surface area contributed by atoms with Crippen molar-refractivity contribution in [3.05, 3.63) is 47.4 Å². The monoisotopic (exact) mass is 483 g/mol. The largest absolute Gasteiger partial charge is 0.393 e. The summed E-state index contributed by atoms with van der Waals surface area (Å²) in [5, 5.41) is 38.1. The lowest BCUT2D eigenvalue weighted by atomic mass is 9.97. The highest BCUT2D eigenvalue weighted by atomic mass is 32.2. The second-order valence-electron chi connectivity index (χ2n) is 7.67. The van der Waals surface area contributed by atoms with Gasteiger partial charge in [0.05, 0.1) is 30.7 Å². The fraction of sp³-hybridized carbons (Fsp3) is 0.455. The molecule has 0 aliphatic carbocycles. The maximum absolute atomic E-state index is 13.5. The maximum atomic E-state index is 13.5. The van der Waals surface area contributed by atoms with Crippen LogP contribution in [0.25, 0.3) is 17.3 Å². The normalized spacial score (nSPS) is 13.8. The van der Waals surface area contributed by atoms with Crippen molar-refractivity contribution >= 4 is 24.3 Å². The molecule has 0 amide bonds. The molecule has 9 nitrogen and oxygen atoms in total. The van der Waals surface area contributed by atoms with Crippen molar-refractivity contribution in [1.82, 2.24) is 9.97 Å². The molecule has 0 saturated carbocycles. The van der Waals surface area contributed by atoms with Gasteiger partial charge in [-0.15, -0.1) is 4.33 Å². The first kappa shape index (κ1) is 27.1. The predicted octanol–water partition coefficient (Wildman–Crippen LogP) is 2.81. The Kier molecular flexibility index (Phi) is 10.6. The third kappa shape index (κ3) is 8.31. The molecule has 1 heterocycles. The third-order valence-electron chi connectivity index (χ3n) is 4.60. The molecule has 0 unspecified atom stereocenters. The highest BCUT2D eigenvalue weighted by molar-refractivity contribution is 7.95. The lowest BCUT2D eigenvalue weighted by molar-refractivity contribution is -0.160. The molecule has 0 saturated heterocycles. The Labute approximate surface area is 196 Å². The summed E-state index contributed by atoms with van der Waals surface area (Å²) < 4.78 is 20.0. The summed E-state index contributed by atoms with van der Waals surface area (Å²) in [6.45, 7) is 3.92. The van der Waals surface area contributed by atoms with Crippen LogP contribution >= 0.6 is 12.2 Å². The Morgan fingerprint density at radius 2 is 1.76 bits per heavy atom. The number of aliphatic hydroxyl groups is 4. The molecule has 1 aromatic heterocycles. The molecule has 2 atom stereocenters. The van der Waals surface area contributed by atoms with E-state index in [0.29, 0.717) is 28.5 Å². The number of aromatic nitrogens is 2. The smallest absolute Gasteiger partial charge is 0.237 e. The third-order valence-corrected chi connectivity index (χ3v) is 5.19. The van der Waals surface area contributed by atoms with Gasteiger partial charge in [-0.2, -0.15) is 0 Å². The number of nitrogens with zero attached hydrogens (tertiary/aromatic N) is 3. The fourth-order valence-electron chi connectivity index (χ4n) is 3.06. The summed E-state index contributed by atoms with van der Waals surface area (Å²) in [5.41, 5.74) is 2.47. The molecule has 0 spiro atoms. The first-order chi connectivity index (χ1) is 15.6. The molecule has 0 aliphatic rings. The van der Waals surface area contributed by atoms with Gasteiger partial charge < -0.3 is 20.4 Å². The lowest BCUT2D eigenvalue weighted by Crippen LogP contribution is -2.21. The van der Waals surface area contributed by atoms with Gasteiger partial charge in [0.15, 0.2) is 18.5 Å². The van der Waals surface area contributed by atoms with E-state index in [4.69, 9.17) is 14.5 Å². The minimum absolute atomic E-state index is 0.0281. The van der Waals surface area contributed by atoms with E-state index in [9.17, 15) is 14.6 Å². The van der Waals surface area contributed by atoms with Gasteiger partial charge in [0, 0.05) is 31.0 Å². The van der Waals surface area contributed by atoms with E-state index >= 15 is 0 Å². The van der Waals surface area contributed by atoms with Crippen molar-refractivity contribution in [1.29, 1.82) is 0 Å². The second-order valence-corrected chi connectivity index (χ2v) is 8.50. The van der Waals surface area contributed by atoms with Crippen LogP contribution in [0.3, 0.4) is 0 Å². The molecule has 0 bridgehead atoms. The summed E-state index contributed by atoms with van der Waals surface area (Å²) in [6.07, 6.45) is -1.01. The zero-order valence-corrected chi connectivity index (χ0v) is 19.7. The van der Waals surface area contributed by atoms with Gasteiger partial charge in [-0.3, -0.25) is 4.31 Å². The van der Waals surface area contributed by atoms with Gasteiger partial charge in [-0.25, -0.2) is 19.2 Å². The summed E-state index contributed by atoms with van der Waals surface area (Å²) >= 11 is 0.891. The number of aliphatic hydroxyl groups excluding tert-OH is 3. The minimum atomic E-state index is -1.66. The molecule has 182 valence electrons. The topological polar surface area (TPSA) is 128 Å². The van der Waals surface area contributed by atoms with E-state index in [1.54, 1.807) is 29.6 Å². The summed E-state index contributed by atoms with van der Waals surface area (Å²) in [4.78, 5) is 13.9. The van der Waals surface area contributed by atoms with Crippen LogP contribution in [0.15, 0.2) is 30.3 Å². The first-order valence-electron chi connectivity index (χ1n) is 10.3. The molecule has 11 heteroatoms. The van der Waals surface area contributed by atoms with Crippen LogP contribution in [0.5, 0.6) is 0 Å². The average molecular weight is 484 g/mol. The van der Waals surface area contributed by atoms with Gasteiger partial charge in [0.2, 0.25) is 5.95 Å². The average Bonchev–Trinajstić information content (AvgIpc) is 2.75. The SMILES string of the molecule is COOSN(C)c1nc(-c2ccc(F)cc2)c(C=C[C@@H](O)C[C@@H](O)CC(O)O)c(C(C)C)n1. The number of rotatable bonds is 12. The van der Waals surface area contributed by atoms with Gasteiger partial charge in [0.25, 0.3) is 0 Å². The molecular weight excluding hydrogens is 453 g/mol. The number of anilines is 1. The van der Waals surface area contributed by atoms with E-state index in [1.165, 1.54) is 25.3 Å². The van der Waals surface area contributed by atoms with Crippen LogP contribution in [-0.2, 0) is 9.22 Å². The minimum Gasteiger partial charge on any atom is -0.393 e. The van der Waals surface area contributed by atoms with Gasteiger partial charge >= 0.3 is 0 Å². The van der Waals surface area contributed by atoms with E-state index in [2.05, 4.69) is 14.9 Å². The fourth-order valence-corrected chi connectivity index (χ4v) is 3.36. The Balaban J connectivity index is 2.50. The molecule has 4 N–H and O–H groups in total. The van der Waals surface area contributed by atoms with Crippen LogP contribution in [0.1, 0.15) is 43.9 Å². The zero-order chi connectivity index (χ0) is 24.5. The van der Waals surface area contributed by atoms with Crippen molar-refractivity contribution in [2.24, 2.45) is 0 Å².